The van der Waals surface area contributed by atoms with Crippen molar-refractivity contribution in [3.8, 4) is 5.75 Å². The number of hydrogen-bond acceptors (Lipinski definition) is 4. The summed E-state index contributed by atoms with van der Waals surface area (Å²) < 4.78 is 0. The van der Waals surface area contributed by atoms with E-state index < -0.39 is 5.91 Å². The van der Waals surface area contributed by atoms with Crippen molar-refractivity contribution < 1.29 is 14.7 Å². The lowest BCUT2D eigenvalue weighted by molar-refractivity contribution is 0.0948. The summed E-state index contributed by atoms with van der Waals surface area (Å²) in [5.74, 6) is -0.712. The van der Waals surface area contributed by atoms with E-state index in [0.29, 0.717) is 11.3 Å². The number of carbonyl (C=O) groups is 2. The van der Waals surface area contributed by atoms with Crippen molar-refractivity contribution in [2.75, 3.05) is 0 Å². The highest BCUT2D eigenvalue weighted by Gasteiger charge is 2.10. The van der Waals surface area contributed by atoms with Crippen molar-refractivity contribution in [1.82, 2.24) is 5.43 Å². The molecule has 2 aromatic carbocycles. The Hall–Kier alpha value is -2.95. The van der Waals surface area contributed by atoms with Crippen molar-refractivity contribution in [2.24, 2.45) is 5.10 Å². The number of ketones is 1. The highest BCUT2D eigenvalue weighted by Crippen LogP contribution is 2.14. The molecule has 0 spiro atoms. The molecular weight excluding hydrogens is 280 g/mol. The minimum atomic E-state index is -0.524. The molecule has 2 N–H and O–H groups in total. The molecule has 0 atom stereocenters. The number of phenolic OH excluding ortho intramolecular Hbond substituents is 1. The highest BCUT2D eigenvalue weighted by atomic mass is 16.3. The molecule has 112 valence electrons. The molecule has 0 radical (unpaired) electrons. The maximum Gasteiger partial charge on any atom is 0.275 e. The molecule has 5 nitrogen and oxygen atoms in total. The predicted molar refractivity (Wildman–Crippen MR) is 84.1 cm³/mol. The fraction of sp³-hybridized carbons (Fsp3) is 0.118. The molecule has 0 saturated carbocycles. The minimum absolute atomic E-state index is 0.0707. The number of amides is 1. The van der Waals surface area contributed by atoms with Crippen LogP contribution in [0.25, 0.3) is 0 Å². The molecule has 0 heterocycles. The second-order valence-corrected chi connectivity index (χ2v) is 4.77. The van der Waals surface area contributed by atoms with E-state index in [0.717, 1.165) is 0 Å². The number of benzene rings is 2. The Balaban J connectivity index is 1.97. The first-order valence-corrected chi connectivity index (χ1v) is 6.77. The van der Waals surface area contributed by atoms with Crippen LogP contribution < -0.4 is 5.43 Å². The van der Waals surface area contributed by atoms with Crippen LogP contribution in [0.4, 0.5) is 0 Å². The first-order valence-electron chi connectivity index (χ1n) is 6.77. The van der Waals surface area contributed by atoms with Gasteiger partial charge in [0, 0.05) is 11.3 Å². The van der Waals surface area contributed by atoms with Crippen molar-refractivity contribution in [3.05, 3.63) is 65.7 Å². The highest BCUT2D eigenvalue weighted by molar-refractivity contribution is 6.09. The number of aromatic hydroxyl groups is 1. The van der Waals surface area contributed by atoms with E-state index in [2.05, 4.69) is 10.5 Å². The zero-order valence-corrected chi connectivity index (χ0v) is 12.1. The van der Waals surface area contributed by atoms with Gasteiger partial charge in [-0.1, -0.05) is 42.5 Å². The quantitative estimate of drug-likeness (QED) is 0.506. The van der Waals surface area contributed by atoms with Gasteiger partial charge in [0.1, 0.15) is 5.75 Å². The van der Waals surface area contributed by atoms with Gasteiger partial charge in [0.15, 0.2) is 5.78 Å². The maximum atomic E-state index is 12.0. The van der Waals surface area contributed by atoms with E-state index >= 15 is 0 Å². The smallest absolute Gasteiger partial charge is 0.275 e. The zero-order valence-electron chi connectivity index (χ0n) is 12.1. The van der Waals surface area contributed by atoms with Gasteiger partial charge < -0.3 is 5.11 Å². The first kappa shape index (κ1) is 15.4. The summed E-state index contributed by atoms with van der Waals surface area (Å²) in [5, 5.41) is 13.5. The summed E-state index contributed by atoms with van der Waals surface area (Å²) >= 11 is 0. The number of rotatable bonds is 5. The van der Waals surface area contributed by atoms with E-state index in [4.69, 9.17) is 0 Å². The van der Waals surface area contributed by atoms with Crippen LogP contribution in [0.2, 0.25) is 0 Å². The van der Waals surface area contributed by atoms with Crippen molar-refractivity contribution in [2.45, 2.75) is 13.3 Å². The van der Waals surface area contributed by atoms with Crippen LogP contribution in [0, 0.1) is 0 Å². The molecule has 22 heavy (non-hydrogen) atoms. The SMILES string of the molecule is C/C(CC(=O)c1ccccc1)=N/NC(=O)c1ccccc1O. The van der Waals surface area contributed by atoms with Gasteiger partial charge >= 0.3 is 0 Å². The zero-order chi connectivity index (χ0) is 15.9. The van der Waals surface area contributed by atoms with E-state index in [1.54, 1.807) is 43.3 Å². The number of carbonyl (C=O) groups excluding carboxylic acids is 2. The lowest BCUT2D eigenvalue weighted by Gasteiger charge is -2.04. The van der Waals surface area contributed by atoms with E-state index in [9.17, 15) is 14.7 Å². The lowest BCUT2D eigenvalue weighted by Crippen LogP contribution is -2.20. The number of Topliss-reactive ketones (excluding diaryl/α,β-unsaturated/α-hetero) is 1. The lowest BCUT2D eigenvalue weighted by atomic mass is 10.1. The fourth-order valence-electron chi connectivity index (χ4n) is 1.87. The topological polar surface area (TPSA) is 78.8 Å². The normalized spacial score (nSPS) is 11.0. The third kappa shape index (κ3) is 4.02. The molecule has 0 aliphatic heterocycles. The third-order valence-electron chi connectivity index (χ3n) is 3.01. The van der Waals surface area contributed by atoms with Crippen molar-refractivity contribution in [3.63, 3.8) is 0 Å². The van der Waals surface area contributed by atoms with Gasteiger partial charge in [-0.05, 0) is 19.1 Å². The Labute approximate surface area is 128 Å². The van der Waals surface area contributed by atoms with Gasteiger partial charge in [0.2, 0.25) is 0 Å². The molecule has 0 saturated heterocycles. The second kappa shape index (κ2) is 7.17. The largest absolute Gasteiger partial charge is 0.507 e. The van der Waals surface area contributed by atoms with Gasteiger partial charge in [-0.2, -0.15) is 5.10 Å². The van der Waals surface area contributed by atoms with E-state index in [1.807, 2.05) is 6.07 Å². The van der Waals surface area contributed by atoms with E-state index in [-0.39, 0.29) is 23.5 Å². The number of nitrogens with one attached hydrogen (secondary N) is 1. The van der Waals surface area contributed by atoms with Crippen LogP contribution in [-0.4, -0.2) is 22.5 Å². The first-order chi connectivity index (χ1) is 10.6. The van der Waals surface area contributed by atoms with Crippen LogP contribution >= 0.6 is 0 Å². The Morgan fingerprint density at radius 3 is 2.36 bits per heavy atom. The summed E-state index contributed by atoms with van der Waals surface area (Å²) in [4.78, 5) is 23.9. The Morgan fingerprint density at radius 1 is 1.05 bits per heavy atom. The molecular formula is C17H16N2O3. The average Bonchev–Trinajstić information content (AvgIpc) is 2.54. The Morgan fingerprint density at radius 2 is 1.68 bits per heavy atom. The number of nitrogens with zero attached hydrogens (tertiary/aromatic N) is 1. The molecule has 2 aromatic rings. The summed E-state index contributed by atoms with van der Waals surface area (Å²) in [7, 11) is 0. The summed E-state index contributed by atoms with van der Waals surface area (Å²) in [6.45, 7) is 1.66. The van der Waals surface area contributed by atoms with Crippen LogP contribution in [0.15, 0.2) is 59.7 Å². The summed E-state index contributed by atoms with van der Waals surface area (Å²) in [5.41, 5.74) is 3.55. The van der Waals surface area contributed by atoms with Crippen LogP contribution in [0.1, 0.15) is 34.1 Å². The second-order valence-electron chi connectivity index (χ2n) is 4.77. The monoisotopic (exact) mass is 296 g/mol. The standard InChI is InChI=1S/C17H16N2O3/c1-12(11-16(21)13-7-3-2-4-8-13)18-19-17(22)14-9-5-6-10-15(14)20/h2-10,20H,11H2,1H3,(H,19,22)/b18-12-. The van der Waals surface area contributed by atoms with Crippen molar-refractivity contribution >= 4 is 17.4 Å². The van der Waals surface area contributed by atoms with E-state index in [1.165, 1.54) is 12.1 Å². The van der Waals surface area contributed by atoms with Gasteiger partial charge in [-0.25, -0.2) is 5.43 Å². The van der Waals surface area contributed by atoms with Crippen molar-refractivity contribution in [1.29, 1.82) is 0 Å². The molecule has 0 unspecified atom stereocenters. The molecule has 1 amide bonds. The molecule has 0 aliphatic rings. The number of hydrogen-bond donors (Lipinski definition) is 2. The van der Waals surface area contributed by atoms with Gasteiger partial charge in [0.05, 0.1) is 12.0 Å². The Kier molecular flexibility index (Phi) is 5.03. The fourth-order valence-corrected chi connectivity index (χ4v) is 1.87. The van der Waals surface area contributed by atoms with Gasteiger partial charge in [0.25, 0.3) is 5.91 Å². The predicted octanol–water partition coefficient (Wildman–Crippen LogP) is 2.77. The number of hydrazone groups is 1. The average molecular weight is 296 g/mol. The van der Waals surface area contributed by atoms with Crippen LogP contribution in [0.5, 0.6) is 5.75 Å². The Bertz CT molecular complexity index is 709. The molecule has 0 aliphatic carbocycles. The molecule has 0 bridgehead atoms. The number of phenols is 1. The number of para-hydroxylation sites is 1. The molecule has 0 fully saturated rings. The molecule has 2 rings (SSSR count). The molecule has 0 aromatic heterocycles. The van der Waals surface area contributed by atoms with Crippen LogP contribution in [-0.2, 0) is 0 Å². The van der Waals surface area contributed by atoms with Gasteiger partial charge in [-0.15, -0.1) is 0 Å². The third-order valence-corrected chi connectivity index (χ3v) is 3.01. The molecule has 5 heteroatoms. The van der Waals surface area contributed by atoms with Gasteiger partial charge in [-0.3, -0.25) is 9.59 Å². The summed E-state index contributed by atoms with van der Waals surface area (Å²) in [6.07, 6.45) is 0.116. The van der Waals surface area contributed by atoms with Crippen LogP contribution in [0.3, 0.4) is 0 Å². The summed E-state index contributed by atoms with van der Waals surface area (Å²) in [6, 6.07) is 15.1. The maximum absolute atomic E-state index is 12.0. The minimum Gasteiger partial charge on any atom is -0.507 e.